The van der Waals surface area contributed by atoms with Crippen molar-refractivity contribution in [2.75, 3.05) is 0 Å². The van der Waals surface area contributed by atoms with Crippen LogP contribution in [0, 0.1) is 0 Å². The average molecular weight is 451 g/mol. The second-order valence-corrected chi connectivity index (χ2v) is 8.14. The number of nitrogens with zero attached hydrogens (tertiary/aromatic N) is 2. The van der Waals surface area contributed by atoms with E-state index in [2.05, 4.69) is 46.3 Å². The van der Waals surface area contributed by atoms with Crippen LogP contribution in [0.2, 0.25) is 0 Å². The quantitative estimate of drug-likeness (QED) is 0.272. The smallest absolute Gasteiger partial charge is 0.135 e. The van der Waals surface area contributed by atoms with E-state index in [1.54, 1.807) is 0 Å². The minimum atomic E-state index is 0.864. The summed E-state index contributed by atoms with van der Waals surface area (Å²) in [5.74, 6) is 0. The van der Waals surface area contributed by atoms with Crippen molar-refractivity contribution in [2.24, 2.45) is 0 Å². The molecule has 30 heavy (non-hydrogen) atoms. The van der Waals surface area contributed by atoms with E-state index in [4.69, 9.17) is 14.4 Å². The maximum absolute atomic E-state index is 6.00. The molecular weight excluding hydrogens is 436 g/mol. The number of furan rings is 1. The molecular formula is C26H15BrN2O. The van der Waals surface area contributed by atoms with Gasteiger partial charge in [0.15, 0.2) is 0 Å². The Morgan fingerprint density at radius 2 is 1.17 bits per heavy atom. The summed E-state index contributed by atoms with van der Waals surface area (Å²) in [6, 6.07) is 30.5. The minimum Gasteiger partial charge on any atom is -0.456 e. The molecule has 2 aromatic heterocycles. The molecule has 142 valence electrons. The Labute approximate surface area is 181 Å². The van der Waals surface area contributed by atoms with Crippen LogP contribution >= 0.6 is 15.9 Å². The molecule has 0 radical (unpaired) electrons. The van der Waals surface area contributed by atoms with Gasteiger partial charge in [-0.15, -0.1) is 0 Å². The highest BCUT2D eigenvalue weighted by Crippen LogP contribution is 2.36. The molecule has 0 aliphatic heterocycles. The summed E-state index contributed by atoms with van der Waals surface area (Å²) in [4.78, 5) is 9.99. The molecule has 4 aromatic carbocycles. The van der Waals surface area contributed by atoms with Crippen LogP contribution in [0.4, 0.5) is 0 Å². The number of hydrogen-bond donors (Lipinski definition) is 0. The zero-order valence-electron chi connectivity index (χ0n) is 15.8. The lowest BCUT2D eigenvalue weighted by molar-refractivity contribution is 0.669. The summed E-state index contributed by atoms with van der Waals surface area (Å²) in [5.41, 5.74) is 7.31. The van der Waals surface area contributed by atoms with Crippen molar-refractivity contribution < 1.29 is 4.42 Å². The first-order valence-corrected chi connectivity index (χ1v) is 10.5. The molecule has 0 N–H and O–H groups in total. The van der Waals surface area contributed by atoms with E-state index in [-0.39, 0.29) is 0 Å². The van der Waals surface area contributed by atoms with Gasteiger partial charge in [0.2, 0.25) is 0 Å². The monoisotopic (exact) mass is 450 g/mol. The molecule has 0 aliphatic carbocycles. The molecule has 4 heteroatoms. The molecule has 0 saturated carbocycles. The van der Waals surface area contributed by atoms with Crippen molar-refractivity contribution in [3.05, 3.63) is 95.5 Å². The van der Waals surface area contributed by atoms with Crippen molar-refractivity contribution in [3.8, 4) is 22.5 Å². The Morgan fingerprint density at radius 1 is 0.567 bits per heavy atom. The molecule has 0 aliphatic rings. The highest BCUT2D eigenvalue weighted by Gasteiger charge is 2.15. The maximum Gasteiger partial charge on any atom is 0.135 e. The van der Waals surface area contributed by atoms with E-state index in [0.29, 0.717) is 0 Å². The Kier molecular flexibility index (Phi) is 3.93. The van der Waals surface area contributed by atoms with Gasteiger partial charge in [-0.2, -0.15) is 0 Å². The van der Waals surface area contributed by atoms with Crippen LogP contribution in [0.5, 0.6) is 0 Å². The summed E-state index contributed by atoms with van der Waals surface area (Å²) in [6.45, 7) is 0. The lowest BCUT2D eigenvalue weighted by Crippen LogP contribution is -1.95. The second-order valence-electron chi connectivity index (χ2n) is 7.23. The van der Waals surface area contributed by atoms with Crippen molar-refractivity contribution >= 4 is 48.9 Å². The Balaban J connectivity index is 1.65. The van der Waals surface area contributed by atoms with Gasteiger partial charge in [-0.3, -0.25) is 0 Å². The molecule has 6 aromatic rings. The molecule has 2 heterocycles. The molecule has 0 unspecified atom stereocenters. The Hall–Kier alpha value is -3.50. The van der Waals surface area contributed by atoms with Crippen LogP contribution in [0.25, 0.3) is 55.5 Å². The van der Waals surface area contributed by atoms with Gasteiger partial charge < -0.3 is 4.42 Å². The molecule has 6 rings (SSSR count). The van der Waals surface area contributed by atoms with Crippen molar-refractivity contribution in [3.63, 3.8) is 0 Å². The van der Waals surface area contributed by atoms with Gasteiger partial charge >= 0.3 is 0 Å². The molecule has 0 spiro atoms. The van der Waals surface area contributed by atoms with Gasteiger partial charge in [-0.1, -0.05) is 58.4 Å². The minimum absolute atomic E-state index is 0.864. The van der Waals surface area contributed by atoms with Gasteiger partial charge in [0.25, 0.3) is 0 Å². The standard InChI is InChI=1S/C26H15BrN2O/c27-18-12-9-16(10-13-18)25-26(29-22-7-3-2-6-21(22)28-25)17-11-14-24-20(15-17)19-5-1-4-8-23(19)30-24/h1-15H. The molecule has 0 atom stereocenters. The zero-order chi connectivity index (χ0) is 20.1. The average Bonchev–Trinajstić information content (AvgIpc) is 3.17. The van der Waals surface area contributed by atoms with Crippen molar-refractivity contribution in [2.45, 2.75) is 0 Å². The largest absolute Gasteiger partial charge is 0.456 e. The van der Waals surface area contributed by atoms with Crippen LogP contribution < -0.4 is 0 Å². The Morgan fingerprint density at radius 3 is 1.93 bits per heavy atom. The van der Waals surface area contributed by atoms with E-state index in [1.807, 2.05) is 60.7 Å². The number of para-hydroxylation sites is 3. The molecule has 0 amide bonds. The topological polar surface area (TPSA) is 38.9 Å². The number of rotatable bonds is 2. The van der Waals surface area contributed by atoms with Gasteiger partial charge in [0, 0.05) is 26.4 Å². The van der Waals surface area contributed by atoms with E-state index in [0.717, 1.165) is 60.0 Å². The number of fused-ring (bicyclic) bond motifs is 4. The van der Waals surface area contributed by atoms with Crippen LogP contribution in [-0.2, 0) is 0 Å². The van der Waals surface area contributed by atoms with Crippen LogP contribution in [0.15, 0.2) is 99.9 Å². The van der Waals surface area contributed by atoms with Crippen LogP contribution in [-0.4, -0.2) is 9.97 Å². The number of aromatic nitrogens is 2. The van der Waals surface area contributed by atoms with Gasteiger partial charge in [0.05, 0.1) is 22.4 Å². The molecule has 3 nitrogen and oxygen atoms in total. The number of hydrogen-bond acceptors (Lipinski definition) is 3. The lowest BCUT2D eigenvalue weighted by Gasteiger charge is -2.11. The first kappa shape index (κ1) is 17.4. The van der Waals surface area contributed by atoms with Crippen molar-refractivity contribution in [1.29, 1.82) is 0 Å². The van der Waals surface area contributed by atoms with Gasteiger partial charge in [0.1, 0.15) is 11.2 Å². The third kappa shape index (κ3) is 2.80. The second kappa shape index (κ2) is 6.78. The predicted molar refractivity (Wildman–Crippen MR) is 125 cm³/mol. The maximum atomic E-state index is 6.00. The van der Waals surface area contributed by atoms with Gasteiger partial charge in [-0.05, 0) is 48.5 Å². The van der Waals surface area contributed by atoms with Crippen LogP contribution in [0.1, 0.15) is 0 Å². The number of benzene rings is 4. The SMILES string of the molecule is Brc1ccc(-c2nc3ccccc3nc2-c2ccc3oc4ccccc4c3c2)cc1. The first-order valence-electron chi connectivity index (χ1n) is 9.71. The zero-order valence-corrected chi connectivity index (χ0v) is 17.4. The summed E-state index contributed by atoms with van der Waals surface area (Å²) in [7, 11) is 0. The van der Waals surface area contributed by atoms with E-state index in [1.165, 1.54) is 0 Å². The molecule has 0 bridgehead atoms. The fourth-order valence-corrected chi connectivity index (χ4v) is 4.15. The lowest BCUT2D eigenvalue weighted by atomic mass is 10.0. The molecule has 0 saturated heterocycles. The predicted octanol–water partition coefficient (Wildman–Crippen LogP) is 7.63. The highest BCUT2D eigenvalue weighted by atomic mass is 79.9. The summed E-state index contributed by atoms with van der Waals surface area (Å²) < 4.78 is 7.04. The van der Waals surface area contributed by atoms with Crippen molar-refractivity contribution in [1.82, 2.24) is 9.97 Å². The van der Waals surface area contributed by atoms with E-state index < -0.39 is 0 Å². The normalized spacial score (nSPS) is 11.5. The summed E-state index contributed by atoms with van der Waals surface area (Å²) >= 11 is 3.52. The molecule has 0 fully saturated rings. The highest BCUT2D eigenvalue weighted by molar-refractivity contribution is 9.10. The first-order chi connectivity index (χ1) is 14.8. The van der Waals surface area contributed by atoms with E-state index >= 15 is 0 Å². The third-order valence-corrected chi connectivity index (χ3v) is 5.87. The van der Waals surface area contributed by atoms with Gasteiger partial charge in [-0.25, -0.2) is 9.97 Å². The summed E-state index contributed by atoms with van der Waals surface area (Å²) in [6.07, 6.45) is 0. The number of halogens is 1. The third-order valence-electron chi connectivity index (χ3n) is 5.34. The fourth-order valence-electron chi connectivity index (χ4n) is 3.88. The fraction of sp³-hybridized carbons (Fsp3) is 0. The van der Waals surface area contributed by atoms with E-state index in [9.17, 15) is 0 Å². The summed E-state index contributed by atoms with van der Waals surface area (Å²) in [5, 5.41) is 2.19. The van der Waals surface area contributed by atoms with Crippen LogP contribution in [0.3, 0.4) is 0 Å². The Bertz CT molecular complexity index is 1550.